The summed E-state index contributed by atoms with van der Waals surface area (Å²) >= 11 is 1.48. The number of aliphatic carboxylic acids is 1. The van der Waals surface area contributed by atoms with E-state index in [1.807, 2.05) is 53.9 Å². The molecule has 0 saturated carbocycles. The van der Waals surface area contributed by atoms with Gasteiger partial charge in [0.2, 0.25) is 0 Å². The Bertz CT molecular complexity index is 855. The maximum Gasteiger partial charge on any atom is 0.312 e. The van der Waals surface area contributed by atoms with E-state index in [1.54, 1.807) is 0 Å². The molecule has 1 heterocycles. The highest BCUT2D eigenvalue weighted by atomic mass is 32.1. The van der Waals surface area contributed by atoms with Crippen LogP contribution in [0.1, 0.15) is 28.8 Å². The third kappa shape index (κ3) is 5.60. The molecule has 3 aromatic rings. The summed E-state index contributed by atoms with van der Waals surface area (Å²) in [6, 6.07) is 19.4. The Morgan fingerprint density at radius 3 is 1.96 bits per heavy atom. The molecule has 146 valence electrons. The largest absolute Gasteiger partial charge is 0.490 e. The number of aryl methyl sites for hydroxylation is 1. The quantitative estimate of drug-likeness (QED) is 0.480. The third-order valence-electron chi connectivity index (χ3n) is 4.50. The fraction of sp³-hybridized carbons (Fsp3) is 0.261. The van der Waals surface area contributed by atoms with Gasteiger partial charge in [0.15, 0.2) is 0 Å². The minimum absolute atomic E-state index is 0.446. The van der Waals surface area contributed by atoms with E-state index in [-0.39, 0.29) is 0 Å². The van der Waals surface area contributed by atoms with E-state index in [0.29, 0.717) is 19.6 Å². The highest BCUT2D eigenvalue weighted by Crippen LogP contribution is 2.26. The summed E-state index contributed by atoms with van der Waals surface area (Å²) in [5, 5.41) is 11.4. The molecule has 4 nitrogen and oxygen atoms in total. The van der Waals surface area contributed by atoms with E-state index < -0.39 is 11.9 Å². The van der Waals surface area contributed by atoms with Crippen LogP contribution >= 0.6 is 11.3 Å². The molecule has 0 aliphatic heterocycles. The molecule has 0 spiro atoms. The van der Waals surface area contributed by atoms with Crippen molar-refractivity contribution in [1.29, 1.82) is 0 Å². The average molecular weight is 397 g/mol. The Hall–Kier alpha value is -2.79. The average Bonchev–Trinajstić information content (AvgIpc) is 3.25. The van der Waals surface area contributed by atoms with Crippen molar-refractivity contribution in [3.63, 3.8) is 0 Å². The number of hydrogen-bond donors (Lipinski definition) is 1. The predicted octanol–water partition coefficient (Wildman–Crippen LogP) is 5.18. The SMILES string of the molecule is CCc1ccc(OCCOc2ccc(CC(C(=O)O)c3cccs3)cc2)cc1. The van der Waals surface area contributed by atoms with Gasteiger partial charge in [-0.3, -0.25) is 4.79 Å². The summed E-state index contributed by atoms with van der Waals surface area (Å²) < 4.78 is 11.4. The summed E-state index contributed by atoms with van der Waals surface area (Å²) in [5.41, 5.74) is 2.26. The van der Waals surface area contributed by atoms with Gasteiger partial charge in [-0.2, -0.15) is 0 Å². The zero-order chi connectivity index (χ0) is 19.8. The topological polar surface area (TPSA) is 55.8 Å². The van der Waals surface area contributed by atoms with Gasteiger partial charge < -0.3 is 14.6 Å². The van der Waals surface area contributed by atoms with Gasteiger partial charge in [0.1, 0.15) is 24.7 Å². The first kappa shape index (κ1) is 20.0. The summed E-state index contributed by atoms with van der Waals surface area (Å²) in [6.07, 6.45) is 1.48. The zero-order valence-electron chi connectivity index (χ0n) is 15.8. The first-order valence-corrected chi connectivity index (χ1v) is 10.2. The maximum absolute atomic E-state index is 11.6. The molecular formula is C23H24O4S. The van der Waals surface area contributed by atoms with E-state index in [1.165, 1.54) is 16.9 Å². The van der Waals surface area contributed by atoms with Gasteiger partial charge in [-0.25, -0.2) is 0 Å². The van der Waals surface area contributed by atoms with Crippen LogP contribution < -0.4 is 9.47 Å². The molecule has 1 aromatic heterocycles. The van der Waals surface area contributed by atoms with Crippen molar-refractivity contribution >= 4 is 17.3 Å². The Labute approximate surface area is 169 Å². The Kier molecular flexibility index (Phi) is 7.09. The van der Waals surface area contributed by atoms with Gasteiger partial charge in [0, 0.05) is 4.88 Å². The maximum atomic E-state index is 11.6. The van der Waals surface area contributed by atoms with Crippen LogP contribution in [0.15, 0.2) is 66.0 Å². The number of ether oxygens (including phenoxy) is 2. The molecule has 28 heavy (non-hydrogen) atoms. The molecule has 5 heteroatoms. The molecule has 0 aliphatic carbocycles. The number of carbonyl (C=O) groups is 1. The van der Waals surface area contributed by atoms with Gasteiger partial charge in [-0.15, -0.1) is 11.3 Å². The second-order valence-electron chi connectivity index (χ2n) is 6.45. The molecule has 1 unspecified atom stereocenters. The van der Waals surface area contributed by atoms with Crippen LogP contribution in [0.5, 0.6) is 11.5 Å². The molecule has 1 atom stereocenters. The van der Waals surface area contributed by atoms with E-state index in [9.17, 15) is 9.90 Å². The predicted molar refractivity (Wildman–Crippen MR) is 112 cm³/mol. The Morgan fingerprint density at radius 1 is 0.929 bits per heavy atom. The Morgan fingerprint density at radius 2 is 1.50 bits per heavy atom. The molecule has 2 aromatic carbocycles. The normalized spacial score (nSPS) is 11.8. The van der Waals surface area contributed by atoms with Crippen molar-refractivity contribution in [3.8, 4) is 11.5 Å². The molecule has 0 radical (unpaired) electrons. The number of hydrogen-bond acceptors (Lipinski definition) is 4. The van der Waals surface area contributed by atoms with Gasteiger partial charge in [0.05, 0.1) is 5.92 Å². The number of carboxylic acids is 1. The number of rotatable bonds is 10. The molecule has 0 fully saturated rings. The molecule has 0 saturated heterocycles. The van der Waals surface area contributed by atoms with E-state index in [2.05, 4.69) is 19.1 Å². The first-order valence-electron chi connectivity index (χ1n) is 9.35. The van der Waals surface area contributed by atoms with E-state index in [4.69, 9.17) is 9.47 Å². The lowest BCUT2D eigenvalue weighted by atomic mass is 9.98. The van der Waals surface area contributed by atoms with Crippen LogP contribution in [0.4, 0.5) is 0 Å². The van der Waals surface area contributed by atoms with Gasteiger partial charge in [-0.05, 0) is 59.7 Å². The molecule has 0 aliphatic rings. The Balaban J connectivity index is 1.46. The number of benzene rings is 2. The molecule has 0 bridgehead atoms. The zero-order valence-corrected chi connectivity index (χ0v) is 16.7. The van der Waals surface area contributed by atoms with E-state index in [0.717, 1.165) is 28.4 Å². The minimum Gasteiger partial charge on any atom is -0.490 e. The summed E-state index contributed by atoms with van der Waals surface area (Å²) in [7, 11) is 0. The third-order valence-corrected chi connectivity index (χ3v) is 5.49. The van der Waals surface area contributed by atoms with Crippen LogP contribution in [0.2, 0.25) is 0 Å². The van der Waals surface area contributed by atoms with Crippen LogP contribution in [-0.2, 0) is 17.6 Å². The summed E-state index contributed by atoms with van der Waals surface area (Å²) in [6.45, 7) is 3.04. The van der Waals surface area contributed by atoms with Crippen molar-refractivity contribution in [1.82, 2.24) is 0 Å². The highest BCUT2D eigenvalue weighted by Gasteiger charge is 2.21. The lowest BCUT2D eigenvalue weighted by Crippen LogP contribution is -2.13. The molecule has 3 rings (SSSR count). The van der Waals surface area contributed by atoms with Gasteiger partial charge >= 0.3 is 5.97 Å². The lowest BCUT2D eigenvalue weighted by Gasteiger charge is -2.12. The van der Waals surface area contributed by atoms with Gasteiger partial charge in [-0.1, -0.05) is 37.3 Å². The van der Waals surface area contributed by atoms with Crippen molar-refractivity contribution in [2.24, 2.45) is 0 Å². The van der Waals surface area contributed by atoms with Crippen LogP contribution in [0.3, 0.4) is 0 Å². The molecular weight excluding hydrogens is 372 g/mol. The smallest absolute Gasteiger partial charge is 0.312 e. The fourth-order valence-corrected chi connectivity index (χ4v) is 3.72. The second kappa shape index (κ2) is 9.95. The highest BCUT2D eigenvalue weighted by molar-refractivity contribution is 7.10. The fourth-order valence-electron chi connectivity index (χ4n) is 2.90. The van der Waals surface area contributed by atoms with Crippen molar-refractivity contribution in [3.05, 3.63) is 82.0 Å². The van der Waals surface area contributed by atoms with Gasteiger partial charge in [0.25, 0.3) is 0 Å². The van der Waals surface area contributed by atoms with E-state index >= 15 is 0 Å². The van der Waals surface area contributed by atoms with Crippen LogP contribution in [0, 0.1) is 0 Å². The first-order chi connectivity index (χ1) is 13.7. The summed E-state index contributed by atoms with van der Waals surface area (Å²) in [4.78, 5) is 12.4. The van der Waals surface area contributed by atoms with Crippen molar-refractivity contribution in [2.45, 2.75) is 25.7 Å². The summed E-state index contributed by atoms with van der Waals surface area (Å²) in [5.74, 6) is 0.271. The lowest BCUT2D eigenvalue weighted by molar-refractivity contribution is -0.138. The molecule has 0 amide bonds. The van der Waals surface area contributed by atoms with Crippen molar-refractivity contribution in [2.75, 3.05) is 13.2 Å². The number of carboxylic acid groups (broad SMARTS) is 1. The van der Waals surface area contributed by atoms with Crippen LogP contribution in [-0.4, -0.2) is 24.3 Å². The minimum atomic E-state index is -0.799. The monoisotopic (exact) mass is 396 g/mol. The number of thiophene rings is 1. The second-order valence-corrected chi connectivity index (χ2v) is 7.43. The standard InChI is InChI=1S/C23H24O4S/c1-2-17-5-9-19(10-6-17)26-13-14-27-20-11-7-18(8-12-20)16-21(23(24)25)22-4-3-15-28-22/h3-12,15,21H,2,13-14,16H2,1H3,(H,24,25). The molecule has 1 N–H and O–H groups in total. The van der Waals surface area contributed by atoms with Crippen molar-refractivity contribution < 1.29 is 19.4 Å². The van der Waals surface area contributed by atoms with Crippen LogP contribution in [0.25, 0.3) is 0 Å².